The molecule has 0 heterocycles. The molecule has 0 unspecified atom stereocenters. The Kier molecular flexibility index (Phi) is 6.31. The van der Waals surface area contributed by atoms with Crippen molar-refractivity contribution in [2.45, 2.75) is 25.7 Å². The number of rotatable bonds is 7. The zero-order valence-corrected chi connectivity index (χ0v) is 18.1. The standard InChI is InChI=1S/C23H22FNO5S/c1-4-25(31(28,29)20-11-5-15(2)21(14-20)23(26)27)17-6-8-18(9-7-17)30-19-10-12-22(24)16(3)13-19/h5-14H,4H2,1-3H3,(H,26,27). The molecule has 0 fully saturated rings. The highest BCUT2D eigenvalue weighted by Crippen LogP contribution is 2.29. The van der Waals surface area contributed by atoms with Crippen molar-refractivity contribution in [1.82, 2.24) is 0 Å². The molecular formula is C23H22FNO5S. The van der Waals surface area contributed by atoms with Gasteiger partial charge >= 0.3 is 5.97 Å². The minimum atomic E-state index is -3.97. The number of anilines is 1. The van der Waals surface area contributed by atoms with Crippen LogP contribution in [-0.4, -0.2) is 26.0 Å². The van der Waals surface area contributed by atoms with Crippen LogP contribution in [0, 0.1) is 19.7 Å². The lowest BCUT2D eigenvalue weighted by Gasteiger charge is -2.23. The average Bonchev–Trinajstić information content (AvgIpc) is 2.72. The Labute approximate surface area is 180 Å². The highest BCUT2D eigenvalue weighted by Gasteiger charge is 2.25. The first-order valence-corrected chi connectivity index (χ1v) is 11.0. The van der Waals surface area contributed by atoms with Crippen LogP contribution >= 0.6 is 0 Å². The highest BCUT2D eigenvalue weighted by atomic mass is 32.2. The number of carbonyl (C=O) groups is 1. The first-order chi connectivity index (χ1) is 14.6. The average molecular weight is 443 g/mol. The molecule has 0 aliphatic rings. The van der Waals surface area contributed by atoms with E-state index in [-0.39, 0.29) is 22.8 Å². The van der Waals surface area contributed by atoms with Crippen LogP contribution in [0.2, 0.25) is 0 Å². The van der Waals surface area contributed by atoms with Gasteiger partial charge in [-0.05, 0) is 86.5 Å². The van der Waals surface area contributed by atoms with E-state index in [2.05, 4.69) is 0 Å². The van der Waals surface area contributed by atoms with Crippen molar-refractivity contribution in [1.29, 1.82) is 0 Å². The molecule has 0 saturated carbocycles. The number of ether oxygens (including phenoxy) is 1. The number of aryl methyl sites for hydroxylation is 2. The molecule has 0 spiro atoms. The lowest BCUT2D eigenvalue weighted by Crippen LogP contribution is -2.31. The normalized spacial score (nSPS) is 11.2. The molecule has 0 saturated heterocycles. The summed E-state index contributed by atoms with van der Waals surface area (Å²) in [6.07, 6.45) is 0. The lowest BCUT2D eigenvalue weighted by molar-refractivity contribution is 0.0696. The Hall–Kier alpha value is -3.39. The molecule has 1 N–H and O–H groups in total. The number of carboxylic acids is 1. The van der Waals surface area contributed by atoms with E-state index in [1.165, 1.54) is 34.6 Å². The van der Waals surface area contributed by atoms with Crippen molar-refractivity contribution in [3.8, 4) is 11.5 Å². The van der Waals surface area contributed by atoms with Crippen LogP contribution in [0.3, 0.4) is 0 Å². The van der Waals surface area contributed by atoms with Crippen molar-refractivity contribution >= 4 is 21.7 Å². The minimum Gasteiger partial charge on any atom is -0.478 e. The fraction of sp³-hybridized carbons (Fsp3) is 0.174. The highest BCUT2D eigenvalue weighted by molar-refractivity contribution is 7.92. The molecule has 6 nitrogen and oxygen atoms in total. The Morgan fingerprint density at radius 2 is 1.61 bits per heavy atom. The number of hydrogen-bond acceptors (Lipinski definition) is 4. The fourth-order valence-corrected chi connectivity index (χ4v) is 4.61. The van der Waals surface area contributed by atoms with Gasteiger partial charge in [0.2, 0.25) is 0 Å². The lowest BCUT2D eigenvalue weighted by atomic mass is 10.1. The third kappa shape index (κ3) is 4.69. The van der Waals surface area contributed by atoms with E-state index in [9.17, 15) is 22.7 Å². The van der Waals surface area contributed by atoms with E-state index in [1.807, 2.05) is 0 Å². The molecule has 162 valence electrons. The smallest absolute Gasteiger partial charge is 0.335 e. The molecule has 0 atom stereocenters. The van der Waals surface area contributed by atoms with Gasteiger partial charge in [0.05, 0.1) is 16.1 Å². The van der Waals surface area contributed by atoms with Gasteiger partial charge in [-0.2, -0.15) is 0 Å². The molecule has 0 bridgehead atoms. The van der Waals surface area contributed by atoms with Crippen molar-refractivity contribution < 1.29 is 27.4 Å². The van der Waals surface area contributed by atoms with Crippen molar-refractivity contribution in [2.24, 2.45) is 0 Å². The number of halogens is 1. The largest absolute Gasteiger partial charge is 0.478 e. The van der Waals surface area contributed by atoms with Gasteiger partial charge < -0.3 is 9.84 Å². The van der Waals surface area contributed by atoms with Crippen molar-refractivity contribution in [2.75, 3.05) is 10.8 Å². The van der Waals surface area contributed by atoms with Gasteiger partial charge in [-0.15, -0.1) is 0 Å². The van der Waals surface area contributed by atoms with Crippen LogP contribution in [0.4, 0.5) is 10.1 Å². The van der Waals surface area contributed by atoms with Crippen LogP contribution in [0.15, 0.2) is 65.6 Å². The molecule has 3 aromatic rings. The first kappa shape index (κ1) is 22.3. The van der Waals surface area contributed by atoms with Crippen molar-refractivity contribution in [3.05, 3.63) is 83.2 Å². The number of carboxylic acid groups (broad SMARTS) is 1. The summed E-state index contributed by atoms with van der Waals surface area (Å²) >= 11 is 0. The molecule has 31 heavy (non-hydrogen) atoms. The maximum absolute atomic E-state index is 13.4. The summed E-state index contributed by atoms with van der Waals surface area (Å²) in [7, 11) is -3.97. The number of sulfonamides is 1. The van der Waals surface area contributed by atoms with E-state index in [0.29, 0.717) is 28.3 Å². The Morgan fingerprint density at radius 1 is 0.968 bits per heavy atom. The minimum absolute atomic E-state index is 0.0598. The summed E-state index contributed by atoms with van der Waals surface area (Å²) in [4.78, 5) is 11.3. The van der Waals surface area contributed by atoms with Gasteiger partial charge in [-0.3, -0.25) is 4.31 Å². The molecule has 0 aromatic heterocycles. The monoisotopic (exact) mass is 443 g/mol. The Morgan fingerprint density at radius 3 is 2.19 bits per heavy atom. The van der Waals surface area contributed by atoms with Gasteiger partial charge in [0.1, 0.15) is 17.3 Å². The predicted molar refractivity (Wildman–Crippen MR) is 116 cm³/mol. The van der Waals surface area contributed by atoms with Gasteiger partial charge in [0.15, 0.2) is 0 Å². The number of aromatic carboxylic acids is 1. The van der Waals surface area contributed by atoms with E-state index in [1.54, 1.807) is 51.1 Å². The molecule has 3 aromatic carbocycles. The summed E-state index contributed by atoms with van der Waals surface area (Å²) in [6, 6.07) is 14.9. The van der Waals surface area contributed by atoms with E-state index >= 15 is 0 Å². The van der Waals surface area contributed by atoms with Gasteiger partial charge in [0.25, 0.3) is 10.0 Å². The van der Waals surface area contributed by atoms with Gasteiger partial charge in [-0.25, -0.2) is 17.6 Å². The number of hydrogen-bond donors (Lipinski definition) is 1. The molecule has 8 heteroatoms. The molecule has 0 amide bonds. The maximum atomic E-state index is 13.4. The quantitative estimate of drug-likeness (QED) is 0.546. The zero-order chi connectivity index (χ0) is 22.8. The first-order valence-electron chi connectivity index (χ1n) is 9.54. The Balaban J connectivity index is 1.89. The number of nitrogens with zero attached hydrogens (tertiary/aromatic N) is 1. The fourth-order valence-electron chi connectivity index (χ4n) is 3.11. The summed E-state index contributed by atoms with van der Waals surface area (Å²) in [5.74, 6) is -0.581. The summed E-state index contributed by atoms with van der Waals surface area (Å²) < 4.78 is 46.6. The Bertz CT molecular complexity index is 1220. The van der Waals surface area contributed by atoms with Crippen LogP contribution < -0.4 is 9.04 Å². The van der Waals surface area contributed by atoms with E-state index in [4.69, 9.17) is 4.74 Å². The van der Waals surface area contributed by atoms with Crippen LogP contribution in [-0.2, 0) is 10.0 Å². The van der Waals surface area contributed by atoms with E-state index < -0.39 is 16.0 Å². The molecule has 0 radical (unpaired) electrons. The second-order valence-corrected chi connectivity index (χ2v) is 8.82. The van der Waals surface area contributed by atoms with Gasteiger partial charge in [-0.1, -0.05) is 6.07 Å². The maximum Gasteiger partial charge on any atom is 0.335 e. The molecule has 0 aliphatic heterocycles. The van der Waals surface area contributed by atoms with Crippen LogP contribution in [0.5, 0.6) is 11.5 Å². The van der Waals surface area contributed by atoms with Crippen molar-refractivity contribution in [3.63, 3.8) is 0 Å². The second kappa shape index (κ2) is 8.77. The van der Waals surface area contributed by atoms with Crippen LogP contribution in [0.1, 0.15) is 28.4 Å². The summed E-state index contributed by atoms with van der Waals surface area (Å²) in [6.45, 7) is 5.08. The number of benzene rings is 3. The zero-order valence-electron chi connectivity index (χ0n) is 17.3. The van der Waals surface area contributed by atoms with E-state index in [0.717, 1.165) is 0 Å². The third-order valence-corrected chi connectivity index (χ3v) is 6.70. The molecular weight excluding hydrogens is 421 g/mol. The molecule has 0 aliphatic carbocycles. The SMILES string of the molecule is CCN(c1ccc(Oc2ccc(F)c(C)c2)cc1)S(=O)(=O)c1ccc(C)c(C(=O)O)c1. The summed E-state index contributed by atoms with van der Waals surface area (Å²) in [5, 5.41) is 9.31. The predicted octanol–water partition coefficient (Wildman–Crippen LogP) is 5.15. The second-order valence-electron chi connectivity index (χ2n) is 6.96. The summed E-state index contributed by atoms with van der Waals surface area (Å²) in [5.41, 5.74) is 1.28. The topological polar surface area (TPSA) is 83.9 Å². The third-order valence-electron chi connectivity index (χ3n) is 4.80. The van der Waals surface area contributed by atoms with Crippen LogP contribution in [0.25, 0.3) is 0 Å². The molecule has 3 rings (SSSR count). The van der Waals surface area contributed by atoms with Gasteiger partial charge in [0, 0.05) is 6.54 Å².